The third kappa shape index (κ3) is 4.20. The van der Waals surface area contributed by atoms with Crippen molar-refractivity contribution in [1.29, 1.82) is 0 Å². The minimum atomic E-state index is -0.896. The van der Waals surface area contributed by atoms with Crippen molar-refractivity contribution < 1.29 is 10.0 Å². The van der Waals surface area contributed by atoms with Gasteiger partial charge in [-0.2, -0.15) is 0 Å². The zero-order valence-electron chi connectivity index (χ0n) is 12.2. The number of carbonyl (C=O) groups is 1. The number of carbonyl (C=O) groups excluding carboxylic acids is 1. The van der Waals surface area contributed by atoms with E-state index in [9.17, 15) is 4.79 Å². The first-order valence-corrected chi connectivity index (χ1v) is 6.49. The lowest BCUT2D eigenvalue weighted by atomic mass is 9.80. The number of oxime groups is 1. The summed E-state index contributed by atoms with van der Waals surface area (Å²) in [6, 6.07) is 0. The molecule has 0 bridgehead atoms. The fourth-order valence-electron chi connectivity index (χ4n) is 1.87. The monoisotopic (exact) mass is 257 g/mol. The van der Waals surface area contributed by atoms with Crippen LogP contribution < -0.4 is 11.1 Å². The summed E-state index contributed by atoms with van der Waals surface area (Å²) >= 11 is 0. The van der Waals surface area contributed by atoms with Gasteiger partial charge in [-0.05, 0) is 24.7 Å². The van der Waals surface area contributed by atoms with Gasteiger partial charge in [0.05, 0.1) is 0 Å². The maximum absolute atomic E-state index is 12.2. The van der Waals surface area contributed by atoms with Crippen molar-refractivity contribution >= 4 is 11.7 Å². The van der Waals surface area contributed by atoms with Crippen LogP contribution in [0.15, 0.2) is 5.16 Å². The number of amidine groups is 1. The molecule has 0 unspecified atom stereocenters. The van der Waals surface area contributed by atoms with Crippen LogP contribution >= 0.6 is 0 Å². The first-order chi connectivity index (χ1) is 8.23. The lowest BCUT2D eigenvalue weighted by molar-refractivity contribution is -0.128. The molecule has 0 radical (unpaired) electrons. The number of hydrogen-bond donors (Lipinski definition) is 3. The van der Waals surface area contributed by atoms with Gasteiger partial charge in [0.1, 0.15) is 5.41 Å². The van der Waals surface area contributed by atoms with Crippen LogP contribution in [0.2, 0.25) is 0 Å². The van der Waals surface area contributed by atoms with E-state index in [2.05, 4.69) is 31.2 Å². The molecule has 0 aromatic rings. The zero-order valence-corrected chi connectivity index (χ0v) is 12.2. The molecule has 5 nitrogen and oxygen atoms in total. The molecule has 0 atom stereocenters. The maximum Gasteiger partial charge on any atom is 0.233 e. The Balaban J connectivity index is 4.70. The topological polar surface area (TPSA) is 87.7 Å². The number of hydrogen-bond acceptors (Lipinski definition) is 3. The number of nitrogens with one attached hydrogen (secondary N) is 1. The van der Waals surface area contributed by atoms with Crippen molar-refractivity contribution in [1.82, 2.24) is 5.32 Å². The summed E-state index contributed by atoms with van der Waals surface area (Å²) in [6.45, 7) is 10.7. The van der Waals surface area contributed by atoms with Crippen LogP contribution in [0.4, 0.5) is 0 Å². The third-order valence-corrected chi connectivity index (χ3v) is 3.40. The molecule has 0 saturated carbocycles. The Morgan fingerprint density at radius 2 is 1.78 bits per heavy atom. The Kier molecular flexibility index (Phi) is 6.15. The fraction of sp³-hybridized carbons (Fsp3) is 0.846. The minimum absolute atomic E-state index is 0.0132. The van der Waals surface area contributed by atoms with E-state index >= 15 is 0 Å². The molecular formula is C13H27N3O2. The maximum atomic E-state index is 12.2. The molecule has 1 amide bonds. The first-order valence-electron chi connectivity index (χ1n) is 6.49. The van der Waals surface area contributed by atoms with Crippen molar-refractivity contribution in [2.75, 3.05) is 6.54 Å². The van der Waals surface area contributed by atoms with Crippen LogP contribution in [-0.4, -0.2) is 23.5 Å². The SMILES string of the molecule is CCC(CC)(C(=O)NCCC(C)(C)C)C(N)=NO. The van der Waals surface area contributed by atoms with Gasteiger partial charge in [-0.25, -0.2) is 0 Å². The van der Waals surface area contributed by atoms with Gasteiger partial charge in [0, 0.05) is 6.54 Å². The highest BCUT2D eigenvalue weighted by Crippen LogP contribution is 2.27. The lowest BCUT2D eigenvalue weighted by Crippen LogP contribution is -2.49. The fourth-order valence-corrected chi connectivity index (χ4v) is 1.87. The molecule has 0 saturated heterocycles. The highest BCUT2D eigenvalue weighted by molar-refractivity contribution is 6.06. The molecule has 0 rings (SSSR count). The average Bonchev–Trinajstić information content (AvgIpc) is 2.29. The molecule has 18 heavy (non-hydrogen) atoms. The quantitative estimate of drug-likeness (QED) is 0.295. The Hall–Kier alpha value is -1.26. The van der Waals surface area contributed by atoms with Crippen LogP contribution in [0.3, 0.4) is 0 Å². The Bertz CT molecular complexity index is 302. The zero-order chi connectivity index (χ0) is 14.4. The predicted octanol–water partition coefficient (Wildman–Crippen LogP) is 2.09. The third-order valence-electron chi connectivity index (χ3n) is 3.40. The van der Waals surface area contributed by atoms with E-state index in [0.717, 1.165) is 6.42 Å². The van der Waals surface area contributed by atoms with E-state index in [-0.39, 0.29) is 17.2 Å². The Morgan fingerprint density at radius 3 is 2.11 bits per heavy atom. The van der Waals surface area contributed by atoms with Gasteiger partial charge >= 0.3 is 0 Å². The molecule has 0 aliphatic carbocycles. The summed E-state index contributed by atoms with van der Waals surface area (Å²) in [5.74, 6) is -0.173. The number of nitrogens with zero attached hydrogens (tertiary/aromatic N) is 1. The van der Waals surface area contributed by atoms with Gasteiger partial charge in [0.15, 0.2) is 5.84 Å². The summed E-state index contributed by atoms with van der Waals surface area (Å²) in [6.07, 6.45) is 1.92. The van der Waals surface area contributed by atoms with Gasteiger partial charge in [-0.1, -0.05) is 39.8 Å². The summed E-state index contributed by atoms with van der Waals surface area (Å²) < 4.78 is 0. The summed E-state index contributed by atoms with van der Waals surface area (Å²) in [5, 5.41) is 14.7. The molecule has 0 spiro atoms. The van der Waals surface area contributed by atoms with E-state index in [4.69, 9.17) is 10.9 Å². The highest BCUT2D eigenvalue weighted by Gasteiger charge is 2.39. The number of amides is 1. The van der Waals surface area contributed by atoms with Gasteiger partial charge in [-0.3, -0.25) is 4.79 Å². The van der Waals surface area contributed by atoms with Crippen LogP contribution in [0, 0.1) is 10.8 Å². The van der Waals surface area contributed by atoms with Gasteiger partial charge in [0.2, 0.25) is 5.91 Å². The summed E-state index contributed by atoms with van der Waals surface area (Å²) in [5.41, 5.74) is 4.95. The summed E-state index contributed by atoms with van der Waals surface area (Å²) in [4.78, 5) is 12.2. The van der Waals surface area contributed by atoms with E-state index in [1.165, 1.54) is 0 Å². The second kappa shape index (κ2) is 6.61. The van der Waals surface area contributed by atoms with Crippen molar-refractivity contribution in [3.05, 3.63) is 0 Å². The van der Waals surface area contributed by atoms with Crippen LogP contribution in [0.1, 0.15) is 53.9 Å². The molecule has 0 aliphatic rings. The summed E-state index contributed by atoms with van der Waals surface area (Å²) in [7, 11) is 0. The number of nitrogens with two attached hydrogens (primary N) is 1. The Morgan fingerprint density at radius 1 is 1.28 bits per heavy atom. The van der Waals surface area contributed by atoms with Gasteiger partial charge in [-0.15, -0.1) is 0 Å². The van der Waals surface area contributed by atoms with E-state index in [0.29, 0.717) is 19.4 Å². The van der Waals surface area contributed by atoms with Crippen molar-refractivity contribution in [2.45, 2.75) is 53.9 Å². The molecule has 0 heterocycles. The molecule has 0 aromatic carbocycles. The molecular weight excluding hydrogens is 230 g/mol. The molecule has 5 heteroatoms. The molecule has 106 valence electrons. The van der Waals surface area contributed by atoms with Crippen LogP contribution in [-0.2, 0) is 4.79 Å². The van der Waals surface area contributed by atoms with E-state index < -0.39 is 5.41 Å². The largest absolute Gasteiger partial charge is 0.409 e. The lowest BCUT2D eigenvalue weighted by Gasteiger charge is -2.29. The van der Waals surface area contributed by atoms with Crippen molar-refractivity contribution in [3.63, 3.8) is 0 Å². The van der Waals surface area contributed by atoms with Crippen molar-refractivity contribution in [3.8, 4) is 0 Å². The smallest absolute Gasteiger partial charge is 0.233 e. The van der Waals surface area contributed by atoms with Crippen LogP contribution in [0.25, 0.3) is 0 Å². The second-order valence-electron chi connectivity index (χ2n) is 5.84. The minimum Gasteiger partial charge on any atom is -0.409 e. The van der Waals surface area contributed by atoms with E-state index in [1.807, 2.05) is 13.8 Å². The van der Waals surface area contributed by atoms with Gasteiger partial charge < -0.3 is 16.3 Å². The van der Waals surface area contributed by atoms with Crippen LogP contribution in [0.5, 0.6) is 0 Å². The molecule has 0 aliphatic heterocycles. The Labute approximate surface area is 110 Å². The average molecular weight is 257 g/mol. The predicted molar refractivity (Wildman–Crippen MR) is 73.5 cm³/mol. The second-order valence-corrected chi connectivity index (χ2v) is 5.84. The van der Waals surface area contributed by atoms with Crippen molar-refractivity contribution in [2.24, 2.45) is 21.7 Å². The molecule has 0 aromatic heterocycles. The normalized spacial score (nSPS) is 13.5. The van der Waals surface area contributed by atoms with Gasteiger partial charge in [0.25, 0.3) is 0 Å². The first kappa shape index (κ1) is 16.7. The number of rotatable bonds is 6. The highest BCUT2D eigenvalue weighted by atomic mass is 16.4. The standard InChI is InChI=1S/C13H27N3O2/c1-6-13(7-2,10(14)16-18)11(17)15-9-8-12(3,4)5/h18H,6-9H2,1-5H3,(H2,14,16)(H,15,17). The molecule has 4 N–H and O–H groups in total. The molecule has 0 fully saturated rings. The van der Waals surface area contributed by atoms with E-state index in [1.54, 1.807) is 0 Å².